The fraction of sp³-hybridized carbons (Fsp3) is 0.235. The van der Waals surface area contributed by atoms with E-state index in [-0.39, 0.29) is 17.5 Å². The zero-order valence-corrected chi connectivity index (χ0v) is 13.0. The lowest BCUT2D eigenvalue weighted by Crippen LogP contribution is -2.25. The van der Waals surface area contributed by atoms with Gasteiger partial charge in [0.25, 0.3) is 0 Å². The molecule has 1 amide bonds. The minimum Gasteiger partial charge on any atom is -0.325 e. The van der Waals surface area contributed by atoms with Crippen molar-refractivity contribution in [2.75, 3.05) is 5.32 Å². The molecule has 0 unspecified atom stereocenters. The second kappa shape index (κ2) is 6.88. The number of nitrogens with one attached hydrogen (secondary N) is 1. The van der Waals surface area contributed by atoms with Gasteiger partial charge in [0.1, 0.15) is 0 Å². The topological polar surface area (TPSA) is 29.1 Å². The van der Waals surface area contributed by atoms with Crippen molar-refractivity contribution in [3.8, 4) is 0 Å². The number of benzene rings is 2. The first kappa shape index (κ1) is 16.4. The summed E-state index contributed by atoms with van der Waals surface area (Å²) in [5, 5.41) is 3.22. The van der Waals surface area contributed by atoms with Crippen LogP contribution in [-0.4, -0.2) is 5.91 Å². The van der Waals surface area contributed by atoms with E-state index >= 15 is 0 Å². The molecular formula is C17H16ClF2NO. The second-order valence-electron chi connectivity index (χ2n) is 5.39. The maximum absolute atomic E-state index is 13.2. The van der Waals surface area contributed by atoms with Crippen molar-refractivity contribution in [2.45, 2.75) is 19.8 Å². The summed E-state index contributed by atoms with van der Waals surface area (Å²) < 4.78 is 26.1. The van der Waals surface area contributed by atoms with Crippen LogP contribution in [-0.2, 0) is 4.79 Å². The van der Waals surface area contributed by atoms with E-state index in [1.54, 1.807) is 24.3 Å². The van der Waals surface area contributed by atoms with Crippen molar-refractivity contribution < 1.29 is 13.6 Å². The lowest BCUT2D eigenvalue weighted by atomic mass is 9.87. The SMILES string of the molecule is CC(C)[C@@H](C(=O)Nc1ccc(F)c(F)c1)c1ccc(Cl)cc1. The van der Waals surface area contributed by atoms with Gasteiger partial charge in [0, 0.05) is 16.8 Å². The first-order valence-corrected chi connectivity index (χ1v) is 7.27. The smallest absolute Gasteiger partial charge is 0.232 e. The van der Waals surface area contributed by atoms with Gasteiger partial charge >= 0.3 is 0 Å². The van der Waals surface area contributed by atoms with Crippen LogP contribution in [0.5, 0.6) is 0 Å². The molecule has 1 N–H and O–H groups in total. The lowest BCUT2D eigenvalue weighted by Gasteiger charge is -2.21. The van der Waals surface area contributed by atoms with Crippen molar-refractivity contribution in [3.63, 3.8) is 0 Å². The van der Waals surface area contributed by atoms with E-state index in [4.69, 9.17) is 11.6 Å². The summed E-state index contributed by atoms with van der Waals surface area (Å²) in [7, 11) is 0. The highest BCUT2D eigenvalue weighted by Crippen LogP contribution is 2.27. The highest BCUT2D eigenvalue weighted by Gasteiger charge is 2.24. The molecule has 0 aliphatic rings. The number of hydrogen-bond acceptors (Lipinski definition) is 1. The van der Waals surface area contributed by atoms with E-state index in [2.05, 4.69) is 5.32 Å². The molecule has 0 saturated heterocycles. The number of carbonyl (C=O) groups is 1. The largest absolute Gasteiger partial charge is 0.325 e. The lowest BCUT2D eigenvalue weighted by molar-refractivity contribution is -0.118. The Morgan fingerprint density at radius 1 is 1.05 bits per heavy atom. The summed E-state index contributed by atoms with van der Waals surface area (Å²) in [4.78, 5) is 12.5. The highest BCUT2D eigenvalue weighted by atomic mass is 35.5. The maximum atomic E-state index is 13.2. The van der Waals surface area contributed by atoms with Crippen molar-refractivity contribution >= 4 is 23.2 Å². The fourth-order valence-electron chi connectivity index (χ4n) is 2.30. The minimum atomic E-state index is -0.995. The molecule has 2 aromatic rings. The van der Waals surface area contributed by atoms with Gasteiger partial charge in [0.15, 0.2) is 11.6 Å². The van der Waals surface area contributed by atoms with Crippen molar-refractivity contribution in [2.24, 2.45) is 5.92 Å². The van der Waals surface area contributed by atoms with Crippen LogP contribution >= 0.6 is 11.6 Å². The Balaban J connectivity index is 2.23. The van der Waals surface area contributed by atoms with Gasteiger partial charge in [-0.2, -0.15) is 0 Å². The molecule has 22 heavy (non-hydrogen) atoms. The molecular weight excluding hydrogens is 308 g/mol. The van der Waals surface area contributed by atoms with E-state index in [0.29, 0.717) is 5.02 Å². The van der Waals surface area contributed by atoms with Crippen LogP contribution in [0, 0.1) is 17.6 Å². The summed E-state index contributed by atoms with van der Waals surface area (Å²) in [6.45, 7) is 3.84. The van der Waals surface area contributed by atoms with Crippen molar-refractivity contribution in [1.29, 1.82) is 0 Å². The summed E-state index contributed by atoms with van der Waals surface area (Å²) >= 11 is 5.86. The Kier molecular flexibility index (Phi) is 5.14. The first-order valence-electron chi connectivity index (χ1n) is 6.90. The van der Waals surface area contributed by atoms with Gasteiger partial charge in [-0.1, -0.05) is 37.6 Å². The standard InChI is InChI=1S/C17H16ClF2NO/c1-10(2)16(11-3-5-12(18)6-4-11)17(22)21-13-7-8-14(19)15(20)9-13/h3-10,16H,1-2H3,(H,21,22)/t16-/m1/s1. The van der Waals surface area contributed by atoms with Crippen molar-refractivity contribution in [3.05, 3.63) is 64.7 Å². The average molecular weight is 324 g/mol. The van der Waals surface area contributed by atoms with Crippen molar-refractivity contribution in [1.82, 2.24) is 0 Å². The Bertz CT molecular complexity index is 671. The molecule has 0 spiro atoms. The predicted molar refractivity (Wildman–Crippen MR) is 84.0 cm³/mol. The third-order valence-corrected chi connectivity index (χ3v) is 3.62. The molecule has 0 aliphatic heterocycles. The fourth-order valence-corrected chi connectivity index (χ4v) is 2.43. The van der Waals surface area contributed by atoms with Crippen LogP contribution < -0.4 is 5.32 Å². The molecule has 2 nitrogen and oxygen atoms in total. The van der Waals surface area contributed by atoms with Gasteiger partial charge in [-0.25, -0.2) is 8.78 Å². The van der Waals surface area contributed by atoms with Gasteiger partial charge in [-0.05, 0) is 35.7 Å². The summed E-state index contributed by atoms with van der Waals surface area (Å²) in [5.74, 6) is -2.60. The molecule has 1 atom stereocenters. The number of hydrogen-bond donors (Lipinski definition) is 1. The van der Waals surface area contributed by atoms with Crippen LogP contribution in [0.2, 0.25) is 5.02 Å². The Labute approximate surface area is 133 Å². The summed E-state index contributed by atoms with van der Waals surface area (Å²) in [5.41, 5.74) is 1.04. The van der Waals surface area contributed by atoms with E-state index < -0.39 is 17.6 Å². The molecule has 2 aromatic carbocycles. The Morgan fingerprint density at radius 2 is 1.68 bits per heavy atom. The third kappa shape index (κ3) is 3.83. The van der Waals surface area contributed by atoms with Gasteiger partial charge in [-0.15, -0.1) is 0 Å². The number of carbonyl (C=O) groups excluding carboxylic acids is 1. The molecule has 0 aromatic heterocycles. The van der Waals surface area contributed by atoms with Crippen LogP contribution in [0.1, 0.15) is 25.3 Å². The van der Waals surface area contributed by atoms with Crippen LogP contribution in [0.15, 0.2) is 42.5 Å². The predicted octanol–water partition coefficient (Wildman–Crippen LogP) is 5.00. The number of anilines is 1. The normalized spacial score (nSPS) is 12.3. The molecule has 5 heteroatoms. The minimum absolute atomic E-state index is 0.0338. The summed E-state index contributed by atoms with van der Waals surface area (Å²) in [6.07, 6.45) is 0. The monoisotopic (exact) mass is 323 g/mol. The molecule has 0 saturated carbocycles. The van der Waals surface area contributed by atoms with Crippen LogP contribution in [0.25, 0.3) is 0 Å². The molecule has 0 fully saturated rings. The van der Waals surface area contributed by atoms with Gasteiger partial charge in [-0.3, -0.25) is 4.79 Å². The molecule has 116 valence electrons. The number of halogens is 3. The van der Waals surface area contributed by atoms with Gasteiger partial charge in [0.05, 0.1) is 5.92 Å². The molecule has 0 aliphatic carbocycles. The zero-order valence-electron chi connectivity index (χ0n) is 12.2. The zero-order chi connectivity index (χ0) is 16.3. The van der Waals surface area contributed by atoms with E-state index in [9.17, 15) is 13.6 Å². The van der Waals surface area contributed by atoms with Crippen LogP contribution in [0.3, 0.4) is 0 Å². The molecule has 0 radical (unpaired) electrons. The molecule has 2 rings (SSSR count). The van der Waals surface area contributed by atoms with Gasteiger partial charge in [0.2, 0.25) is 5.91 Å². The maximum Gasteiger partial charge on any atom is 0.232 e. The third-order valence-electron chi connectivity index (χ3n) is 3.37. The summed E-state index contributed by atoms with van der Waals surface area (Å²) in [6, 6.07) is 10.3. The molecule has 0 bridgehead atoms. The first-order chi connectivity index (χ1) is 10.4. The Hall–Kier alpha value is -1.94. The van der Waals surface area contributed by atoms with Crippen LogP contribution in [0.4, 0.5) is 14.5 Å². The van der Waals surface area contributed by atoms with E-state index in [1.807, 2.05) is 13.8 Å². The number of amides is 1. The average Bonchev–Trinajstić information content (AvgIpc) is 2.45. The second-order valence-corrected chi connectivity index (χ2v) is 5.83. The van der Waals surface area contributed by atoms with E-state index in [0.717, 1.165) is 17.7 Å². The Morgan fingerprint density at radius 3 is 2.23 bits per heavy atom. The highest BCUT2D eigenvalue weighted by molar-refractivity contribution is 6.30. The number of rotatable bonds is 4. The van der Waals surface area contributed by atoms with Gasteiger partial charge < -0.3 is 5.32 Å². The van der Waals surface area contributed by atoms with E-state index in [1.165, 1.54) is 6.07 Å². The molecule has 0 heterocycles. The quantitative estimate of drug-likeness (QED) is 0.843.